The molecule has 0 saturated heterocycles. The number of rotatable bonds is 6. The molecule has 0 atom stereocenters. The van der Waals surface area contributed by atoms with Gasteiger partial charge in [0.25, 0.3) is 5.69 Å². The highest BCUT2D eigenvalue weighted by Gasteiger charge is 2.23. The van der Waals surface area contributed by atoms with Crippen LogP contribution in [0.2, 0.25) is 0 Å². The van der Waals surface area contributed by atoms with Crippen molar-refractivity contribution in [3.8, 4) is 5.75 Å². The van der Waals surface area contributed by atoms with E-state index >= 15 is 0 Å². The summed E-state index contributed by atoms with van der Waals surface area (Å²) in [5.41, 5.74) is 5.28. The Morgan fingerprint density at radius 1 is 1.31 bits per heavy atom. The van der Waals surface area contributed by atoms with Gasteiger partial charge in [0.05, 0.1) is 21.7 Å². The molecule has 0 aliphatic heterocycles. The molecule has 2 aromatic carbocycles. The van der Waals surface area contributed by atoms with Crippen LogP contribution in [0.1, 0.15) is 49.1 Å². The average molecular weight is 492 g/mol. The van der Waals surface area contributed by atoms with Crippen molar-refractivity contribution in [2.24, 2.45) is 0 Å². The number of allylic oxidation sites excluding steroid dienone is 1. The molecular weight excluding hydrogens is 466 g/mol. The lowest BCUT2D eigenvalue weighted by molar-refractivity contribution is -0.384. The van der Waals surface area contributed by atoms with E-state index in [9.17, 15) is 14.9 Å². The summed E-state index contributed by atoms with van der Waals surface area (Å²) >= 11 is 1.20. The number of hydrogen-bond donors (Lipinski definition) is 1. The van der Waals surface area contributed by atoms with E-state index in [2.05, 4.69) is 16.4 Å². The van der Waals surface area contributed by atoms with Crippen molar-refractivity contribution < 1.29 is 18.9 Å². The summed E-state index contributed by atoms with van der Waals surface area (Å²) < 4.78 is 12.9. The number of nitrogens with one attached hydrogen (secondary N) is 1. The van der Waals surface area contributed by atoms with Crippen LogP contribution >= 0.6 is 11.3 Å². The second-order valence-corrected chi connectivity index (χ2v) is 9.67. The van der Waals surface area contributed by atoms with Gasteiger partial charge < -0.3 is 9.15 Å². The molecule has 4 aromatic rings. The Kier molecular flexibility index (Phi) is 6.02. The topological polar surface area (TPSA) is 108 Å². The van der Waals surface area contributed by atoms with Gasteiger partial charge in [0, 0.05) is 46.7 Å². The van der Waals surface area contributed by atoms with Crippen molar-refractivity contribution in [1.82, 2.24) is 4.98 Å². The van der Waals surface area contributed by atoms with Crippen LogP contribution in [0.15, 0.2) is 34.8 Å². The number of nitrogens with zero attached hydrogens (tertiary/aromatic N) is 2. The average Bonchev–Trinajstić information content (AvgIpc) is 3.40. The molecule has 2 aromatic heterocycles. The summed E-state index contributed by atoms with van der Waals surface area (Å²) in [5.74, 6) is 1.45. The molecule has 180 valence electrons. The zero-order chi connectivity index (χ0) is 24.7. The second-order valence-electron chi connectivity index (χ2n) is 8.64. The fraction of sp³-hybridized carbons (Fsp3) is 0.308. The standard InChI is InChI=1S/C26H25N3O5S/c1-4-33-24-15(3)25-19(17-7-5-6-8-21(17)34-25)13-18(24)14(2)11-23(30)28-26-27-20-10-9-16(29(31)32)12-22(20)35-26/h9-13H,4-8H2,1-3H3,(H,27,28,30)/b14-11+. The van der Waals surface area contributed by atoms with Crippen LogP contribution in [-0.2, 0) is 17.6 Å². The third-order valence-electron chi connectivity index (χ3n) is 6.30. The normalized spacial score (nSPS) is 13.7. The number of amides is 1. The van der Waals surface area contributed by atoms with Gasteiger partial charge in [0.1, 0.15) is 17.1 Å². The number of nitro groups is 1. The number of fused-ring (bicyclic) bond motifs is 4. The lowest BCUT2D eigenvalue weighted by Crippen LogP contribution is -2.08. The molecule has 35 heavy (non-hydrogen) atoms. The number of aromatic nitrogens is 1. The van der Waals surface area contributed by atoms with Crippen LogP contribution in [0, 0.1) is 17.0 Å². The first-order valence-electron chi connectivity index (χ1n) is 11.6. The Morgan fingerprint density at radius 3 is 2.89 bits per heavy atom. The first-order valence-corrected chi connectivity index (χ1v) is 12.4. The van der Waals surface area contributed by atoms with Crippen LogP contribution in [-0.4, -0.2) is 22.4 Å². The number of anilines is 1. The molecule has 9 heteroatoms. The summed E-state index contributed by atoms with van der Waals surface area (Å²) in [6.45, 7) is 6.32. The minimum absolute atomic E-state index is 0.00887. The highest BCUT2D eigenvalue weighted by molar-refractivity contribution is 7.22. The number of carbonyl (C=O) groups excluding carboxylic acids is 1. The number of benzene rings is 2. The summed E-state index contributed by atoms with van der Waals surface area (Å²) in [7, 11) is 0. The van der Waals surface area contributed by atoms with E-state index in [1.165, 1.54) is 35.1 Å². The molecular formula is C26H25N3O5S. The molecule has 1 amide bonds. The third-order valence-corrected chi connectivity index (χ3v) is 7.23. The van der Waals surface area contributed by atoms with Gasteiger partial charge in [-0.3, -0.25) is 20.2 Å². The van der Waals surface area contributed by atoms with Crippen LogP contribution in [0.25, 0.3) is 26.8 Å². The fourth-order valence-electron chi connectivity index (χ4n) is 4.66. The number of furan rings is 1. The molecule has 8 nitrogen and oxygen atoms in total. The second kappa shape index (κ2) is 9.14. The molecule has 0 bridgehead atoms. The van der Waals surface area contributed by atoms with E-state index in [0.717, 1.165) is 64.9 Å². The van der Waals surface area contributed by atoms with Gasteiger partial charge in [0.15, 0.2) is 5.13 Å². The fourth-order valence-corrected chi connectivity index (χ4v) is 5.56. The Hall–Kier alpha value is -3.72. The van der Waals surface area contributed by atoms with Crippen LogP contribution < -0.4 is 10.1 Å². The number of non-ortho nitro benzene ring substituents is 1. The predicted octanol–water partition coefficient (Wildman–Crippen LogP) is 6.58. The van der Waals surface area contributed by atoms with Gasteiger partial charge in [-0.1, -0.05) is 11.3 Å². The molecule has 5 rings (SSSR count). The Morgan fingerprint density at radius 2 is 2.11 bits per heavy atom. The van der Waals surface area contributed by atoms with Gasteiger partial charge in [0.2, 0.25) is 5.91 Å². The van der Waals surface area contributed by atoms with E-state index in [-0.39, 0.29) is 11.6 Å². The lowest BCUT2D eigenvalue weighted by atomic mass is 9.93. The van der Waals surface area contributed by atoms with Crippen molar-refractivity contribution in [1.29, 1.82) is 0 Å². The van der Waals surface area contributed by atoms with Gasteiger partial charge in [-0.25, -0.2) is 4.98 Å². The van der Waals surface area contributed by atoms with Gasteiger partial charge in [-0.05, 0) is 57.7 Å². The molecule has 1 aliphatic rings. The number of ether oxygens (including phenoxy) is 1. The number of thiazole rings is 1. The Labute approximate surface area is 205 Å². The Balaban J connectivity index is 1.48. The maximum absolute atomic E-state index is 12.9. The molecule has 0 fully saturated rings. The summed E-state index contributed by atoms with van der Waals surface area (Å²) in [6, 6.07) is 6.53. The maximum Gasteiger partial charge on any atom is 0.270 e. The number of aryl methyl sites for hydroxylation is 3. The van der Waals surface area contributed by atoms with E-state index in [4.69, 9.17) is 9.15 Å². The maximum atomic E-state index is 12.9. The monoisotopic (exact) mass is 491 g/mol. The largest absolute Gasteiger partial charge is 0.493 e. The highest BCUT2D eigenvalue weighted by atomic mass is 32.1. The number of nitro benzene ring substituents is 1. The van der Waals surface area contributed by atoms with E-state index < -0.39 is 4.92 Å². The highest BCUT2D eigenvalue weighted by Crippen LogP contribution is 2.41. The zero-order valence-electron chi connectivity index (χ0n) is 19.8. The van der Waals surface area contributed by atoms with Gasteiger partial charge >= 0.3 is 0 Å². The Bertz CT molecular complexity index is 1510. The lowest BCUT2D eigenvalue weighted by Gasteiger charge is -2.15. The predicted molar refractivity (Wildman–Crippen MR) is 137 cm³/mol. The molecule has 0 radical (unpaired) electrons. The van der Waals surface area contributed by atoms with E-state index in [0.29, 0.717) is 22.0 Å². The minimum Gasteiger partial charge on any atom is -0.493 e. The van der Waals surface area contributed by atoms with Gasteiger partial charge in [-0.2, -0.15) is 0 Å². The quantitative estimate of drug-likeness (QED) is 0.185. The summed E-state index contributed by atoms with van der Waals surface area (Å²) in [4.78, 5) is 27.8. The zero-order valence-corrected chi connectivity index (χ0v) is 20.6. The molecule has 2 heterocycles. The van der Waals surface area contributed by atoms with Crippen molar-refractivity contribution in [2.75, 3.05) is 11.9 Å². The van der Waals surface area contributed by atoms with Crippen molar-refractivity contribution >= 4 is 54.8 Å². The SMILES string of the molecule is CCOc1c(/C(C)=C/C(=O)Nc2nc3ccc([N+](=O)[O-])cc3s2)cc2c3c(oc2c1C)CCCC3. The number of carbonyl (C=O) groups is 1. The minimum atomic E-state index is -0.449. The first kappa shape index (κ1) is 23.0. The number of hydrogen-bond acceptors (Lipinski definition) is 7. The van der Waals surface area contributed by atoms with Crippen LogP contribution in [0.5, 0.6) is 5.75 Å². The molecule has 0 saturated carbocycles. The smallest absolute Gasteiger partial charge is 0.270 e. The summed E-state index contributed by atoms with van der Waals surface area (Å²) in [5, 5.41) is 15.3. The summed E-state index contributed by atoms with van der Waals surface area (Å²) in [6.07, 6.45) is 5.75. The first-order chi connectivity index (χ1) is 16.9. The van der Waals surface area contributed by atoms with Crippen molar-refractivity contribution in [3.63, 3.8) is 0 Å². The van der Waals surface area contributed by atoms with Gasteiger partial charge in [-0.15, -0.1) is 0 Å². The molecule has 1 aliphatic carbocycles. The van der Waals surface area contributed by atoms with E-state index in [1.54, 1.807) is 6.07 Å². The molecule has 0 spiro atoms. The van der Waals surface area contributed by atoms with E-state index in [1.807, 2.05) is 20.8 Å². The van der Waals surface area contributed by atoms with Crippen LogP contribution in [0.4, 0.5) is 10.8 Å². The molecule has 1 N–H and O–H groups in total. The third kappa shape index (κ3) is 4.27. The van der Waals surface area contributed by atoms with Crippen molar-refractivity contribution in [3.05, 3.63) is 62.9 Å². The molecule has 0 unspecified atom stereocenters. The van der Waals surface area contributed by atoms with Crippen LogP contribution in [0.3, 0.4) is 0 Å². The van der Waals surface area contributed by atoms with Crippen molar-refractivity contribution in [2.45, 2.75) is 46.5 Å².